The van der Waals surface area contributed by atoms with Crippen LogP contribution in [0.1, 0.15) is 32.3 Å². The Hall–Kier alpha value is -2.25. The van der Waals surface area contributed by atoms with E-state index in [4.69, 9.17) is 16.3 Å². The maximum Gasteiger partial charge on any atom is 0.232 e. The Morgan fingerprint density at radius 1 is 1.17 bits per heavy atom. The first-order valence-electron chi connectivity index (χ1n) is 9.91. The van der Waals surface area contributed by atoms with E-state index in [1.807, 2.05) is 38.1 Å². The van der Waals surface area contributed by atoms with Gasteiger partial charge in [-0.05, 0) is 56.5 Å². The summed E-state index contributed by atoms with van der Waals surface area (Å²) >= 11 is 5.86. The number of carbonyl (C=O) groups excluding carboxylic acids is 1. The Labute approximate surface area is 184 Å². The highest BCUT2D eigenvalue weighted by atomic mass is 35.5. The van der Waals surface area contributed by atoms with Gasteiger partial charge < -0.3 is 10.1 Å². The van der Waals surface area contributed by atoms with Crippen molar-refractivity contribution < 1.29 is 17.9 Å². The van der Waals surface area contributed by atoms with Crippen molar-refractivity contribution in [2.45, 2.75) is 39.2 Å². The minimum Gasteiger partial charge on any atom is -0.491 e. The van der Waals surface area contributed by atoms with E-state index in [2.05, 4.69) is 5.32 Å². The SMILES string of the molecule is CC(C)Oc1cccc(N(CCCC(=O)NCCc2ccc(Cl)cc2)S(C)(=O)=O)c1. The van der Waals surface area contributed by atoms with Gasteiger partial charge in [0.05, 0.1) is 18.0 Å². The van der Waals surface area contributed by atoms with E-state index < -0.39 is 10.0 Å². The van der Waals surface area contributed by atoms with Gasteiger partial charge in [0.2, 0.25) is 15.9 Å². The number of ether oxygens (including phenoxy) is 1. The molecule has 2 aromatic carbocycles. The van der Waals surface area contributed by atoms with E-state index >= 15 is 0 Å². The van der Waals surface area contributed by atoms with Gasteiger partial charge in [0.25, 0.3) is 0 Å². The number of rotatable bonds is 11. The van der Waals surface area contributed by atoms with E-state index in [0.29, 0.717) is 35.8 Å². The lowest BCUT2D eigenvalue weighted by Gasteiger charge is -2.23. The molecule has 0 aliphatic heterocycles. The smallest absolute Gasteiger partial charge is 0.232 e. The Kier molecular flexibility index (Phi) is 8.99. The maximum absolute atomic E-state index is 12.3. The number of sulfonamides is 1. The number of halogens is 1. The molecule has 2 rings (SSSR count). The molecule has 0 aliphatic rings. The fourth-order valence-electron chi connectivity index (χ4n) is 2.94. The number of anilines is 1. The molecule has 0 radical (unpaired) electrons. The van der Waals surface area contributed by atoms with E-state index in [0.717, 1.165) is 11.8 Å². The molecule has 164 valence electrons. The molecule has 1 amide bonds. The molecule has 0 bridgehead atoms. The molecule has 0 heterocycles. The number of hydrogen-bond acceptors (Lipinski definition) is 4. The summed E-state index contributed by atoms with van der Waals surface area (Å²) in [6.07, 6.45) is 2.52. The number of hydrogen-bond donors (Lipinski definition) is 1. The molecular formula is C22H29ClN2O4S. The van der Waals surface area contributed by atoms with Crippen LogP contribution >= 0.6 is 11.6 Å². The number of amides is 1. The lowest BCUT2D eigenvalue weighted by atomic mass is 10.1. The molecule has 0 aromatic heterocycles. The van der Waals surface area contributed by atoms with Gasteiger partial charge in [0, 0.05) is 30.6 Å². The summed E-state index contributed by atoms with van der Waals surface area (Å²) in [7, 11) is -3.48. The summed E-state index contributed by atoms with van der Waals surface area (Å²) < 4.78 is 31.5. The highest BCUT2D eigenvalue weighted by Gasteiger charge is 2.18. The van der Waals surface area contributed by atoms with Crippen molar-refractivity contribution in [2.75, 3.05) is 23.7 Å². The number of benzene rings is 2. The molecule has 1 N–H and O–H groups in total. The maximum atomic E-state index is 12.3. The third-order valence-corrected chi connectivity index (χ3v) is 5.74. The van der Waals surface area contributed by atoms with Gasteiger partial charge in [0.1, 0.15) is 5.75 Å². The molecule has 0 unspecified atom stereocenters. The topological polar surface area (TPSA) is 75.7 Å². The average Bonchev–Trinajstić information content (AvgIpc) is 2.65. The zero-order valence-corrected chi connectivity index (χ0v) is 19.2. The van der Waals surface area contributed by atoms with Crippen LogP contribution in [0.25, 0.3) is 0 Å². The summed E-state index contributed by atoms with van der Waals surface area (Å²) in [6, 6.07) is 14.5. The molecular weight excluding hydrogens is 424 g/mol. The second-order valence-corrected chi connectivity index (χ2v) is 9.67. The van der Waals surface area contributed by atoms with Gasteiger partial charge in [0.15, 0.2) is 0 Å². The third-order valence-electron chi connectivity index (χ3n) is 4.29. The first-order valence-corrected chi connectivity index (χ1v) is 12.1. The normalized spacial score (nSPS) is 11.4. The monoisotopic (exact) mass is 452 g/mol. The van der Waals surface area contributed by atoms with Crippen LogP contribution in [0.3, 0.4) is 0 Å². The molecule has 0 aliphatic carbocycles. The predicted octanol–water partition coefficient (Wildman–Crippen LogP) is 4.03. The van der Waals surface area contributed by atoms with Crippen molar-refractivity contribution >= 4 is 33.2 Å². The minimum absolute atomic E-state index is 0.0106. The van der Waals surface area contributed by atoms with Crippen LogP contribution in [-0.4, -0.2) is 39.8 Å². The van der Waals surface area contributed by atoms with E-state index in [1.165, 1.54) is 4.31 Å². The first kappa shape index (κ1) is 24.0. The summed E-state index contributed by atoms with van der Waals surface area (Å²) in [5.74, 6) is 0.505. The quantitative estimate of drug-likeness (QED) is 0.558. The van der Waals surface area contributed by atoms with Crippen molar-refractivity contribution in [3.05, 3.63) is 59.1 Å². The van der Waals surface area contributed by atoms with E-state index in [-0.39, 0.29) is 25.0 Å². The highest BCUT2D eigenvalue weighted by Crippen LogP contribution is 2.24. The second kappa shape index (κ2) is 11.2. The molecule has 0 saturated carbocycles. The number of carbonyl (C=O) groups is 1. The average molecular weight is 453 g/mol. The fourth-order valence-corrected chi connectivity index (χ4v) is 4.02. The van der Waals surface area contributed by atoms with Gasteiger partial charge in [-0.2, -0.15) is 0 Å². The van der Waals surface area contributed by atoms with Gasteiger partial charge in [-0.15, -0.1) is 0 Å². The number of nitrogens with zero attached hydrogens (tertiary/aromatic N) is 1. The Bertz CT molecular complexity index is 930. The Morgan fingerprint density at radius 3 is 2.50 bits per heavy atom. The Balaban J connectivity index is 1.86. The molecule has 0 spiro atoms. The molecule has 0 saturated heterocycles. The minimum atomic E-state index is -3.48. The second-order valence-electron chi connectivity index (χ2n) is 7.33. The highest BCUT2D eigenvalue weighted by molar-refractivity contribution is 7.92. The van der Waals surface area contributed by atoms with Gasteiger partial charge in [-0.3, -0.25) is 9.10 Å². The summed E-state index contributed by atoms with van der Waals surface area (Å²) in [5, 5.41) is 3.55. The van der Waals surface area contributed by atoms with Crippen molar-refractivity contribution in [1.29, 1.82) is 0 Å². The van der Waals surface area contributed by atoms with Crippen molar-refractivity contribution in [3.63, 3.8) is 0 Å². The van der Waals surface area contributed by atoms with E-state index in [1.54, 1.807) is 24.3 Å². The van der Waals surface area contributed by atoms with Gasteiger partial charge in [-0.1, -0.05) is 29.8 Å². The van der Waals surface area contributed by atoms with Crippen molar-refractivity contribution in [2.24, 2.45) is 0 Å². The zero-order valence-electron chi connectivity index (χ0n) is 17.6. The van der Waals surface area contributed by atoms with Crippen LogP contribution in [0.2, 0.25) is 5.02 Å². The molecule has 30 heavy (non-hydrogen) atoms. The summed E-state index contributed by atoms with van der Waals surface area (Å²) in [5.41, 5.74) is 1.62. The fraction of sp³-hybridized carbons (Fsp3) is 0.409. The largest absolute Gasteiger partial charge is 0.491 e. The van der Waals surface area contributed by atoms with Crippen LogP contribution in [0.15, 0.2) is 48.5 Å². The third kappa shape index (κ3) is 8.24. The first-order chi connectivity index (χ1) is 14.1. The predicted molar refractivity (Wildman–Crippen MR) is 122 cm³/mol. The number of nitrogens with one attached hydrogen (secondary N) is 1. The van der Waals surface area contributed by atoms with Crippen molar-refractivity contribution in [1.82, 2.24) is 5.32 Å². The summed E-state index contributed by atoms with van der Waals surface area (Å²) in [6.45, 7) is 4.55. The summed E-state index contributed by atoms with van der Waals surface area (Å²) in [4.78, 5) is 12.1. The Morgan fingerprint density at radius 2 is 1.87 bits per heavy atom. The molecule has 6 nitrogen and oxygen atoms in total. The lowest BCUT2D eigenvalue weighted by Crippen LogP contribution is -2.32. The zero-order chi connectivity index (χ0) is 22.1. The van der Waals surface area contributed by atoms with Gasteiger partial charge >= 0.3 is 0 Å². The van der Waals surface area contributed by atoms with Crippen LogP contribution in [0.5, 0.6) is 5.75 Å². The molecule has 2 aromatic rings. The molecule has 0 fully saturated rings. The van der Waals surface area contributed by atoms with Crippen LogP contribution in [0.4, 0.5) is 5.69 Å². The van der Waals surface area contributed by atoms with Crippen LogP contribution in [-0.2, 0) is 21.2 Å². The van der Waals surface area contributed by atoms with Crippen LogP contribution in [0, 0.1) is 0 Å². The standard InChI is InChI=1S/C22H29ClN2O4S/c1-17(2)29-21-7-4-6-20(16-21)25(30(3,27)28)15-5-8-22(26)24-14-13-18-9-11-19(23)12-10-18/h4,6-7,9-12,16-17H,5,8,13-15H2,1-3H3,(H,24,26). The lowest BCUT2D eigenvalue weighted by molar-refractivity contribution is -0.121. The molecule has 8 heteroatoms. The van der Waals surface area contributed by atoms with Crippen molar-refractivity contribution in [3.8, 4) is 5.75 Å². The van der Waals surface area contributed by atoms with E-state index in [9.17, 15) is 13.2 Å². The van der Waals surface area contributed by atoms with Crippen LogP contribution < -0.4 is 14.4 Å². The molecule has 0 atom stereocenters. The van der Waals surface area contributed by atoms with Gasteiger partial charge in [-0.25, -0.2) is 8.42 Å².